The first kappa shape index (κ1) is 15.9. The fraction of sp³-hybridized carbons (Fsp3) is 0.250. The first-order chi connectivity index (χ1) is 13.2. The number of fused-ring (bicyclic) bond motifs is 1. The van der Waals surface area contributed by atoms with Crippen LogP contribution >= 0.6 is 0 Å². The summed E-state index contributed by atoms with van der Waals surface area (Å²) in [4.78, 5) is 12.1. The lowest BCUT2D eigenvalue weighted by Crippen LogP contribution is -2.06. The summed E-state index contributed by atoms with van der Waals surface area (Å²) < 4.78 is 0. The van der Waals surface area contributed by atoms with Gasteiger partial charge >= 0.3 is 0 Å². The summed E-state index contributed by atoms with van der Waals surface area (Å²) in [5.74, 6) is 1.56. The van der Waals surface area contributed by atoms with Crippen molar-refractivity contribution in [1.82, 2.24) is 25.1 Å². The van der Waals surface area contributed by atoms with Gasteiger partial charge in [0.2, 0.25) is 5.95 Å². The van der Waals surface area contributed by atoms with Crippen molar-refractivity contribution in [3.05, 3.63) is 53.5 Å². The maximum atomic E-state index is 6.17. The third-order valence-electron chi connectivity index (χ3n) is 5.17. The number of nitrogens with two attached hydrogens (primary N) is 1. The summed E-state index contributed by atoms with van der Waals surface area (Å²) in [5, 5.41) is 11.9. The van der Waals surface area contributed by atoms with Crippen LogP contribution in [0.4, 0.5) is 11.8 Å². The molecule has 7 heteroatoms. The maximum absolute atomic E-state index is 6.17. The molecule has 1 aliphatic carbocycles. The number of H-pyrrole nitrogens is 2. The van der Waals surface area contributed by atoms with Crippen LogP contribution in [0.3, 0.4) is 0 Å². The SMILES string of the molecule is Cc1ccc(CNc2ncc(-c3cc(C4CC4)[nH]n3)c(N)n2)c2cc[nH]c12. The topological polar surface area (TPSA) is 108 Å². The van der Waals surface area contributed by atoms with E-state index in [0.717, 1.165) is 16.8 Å². The molecule has 0 amide bonds. The van der Waals surface area contributed by atoms with Gasteiger partial charge in [0.05, 0.1) is 11.3 Å². The molecule has 0 bridgehead atoms. The summed E-state index contributed by atoms with van der Waals surface area (Å²) in [7, 11) is 0. The fourth-order valence-corrected chi connectivity index (χ4v) is 3.45. The molecule has 0 saturated heterocycles. The van der Waals surface area contributed by atoms with E-state index in [9.17, 15) is 0 Å². The van der Waals surface area contributed by atoms with Crippen molar-refractivity contribution in [3.8, 4) is 11.3 Å². The third-order valence-corrected chi connectivity index (χ3v) is 5.17. The molecule has 27 heavy (non-hydrogen) atoms. The standard InChI is InChI=1S/C20H21N7/c1-11-2-3-13(14-6-7-22-18(11)14)9-23-20-24-10-15(19(21)25-20)17-8-16(26-27-17)12-4-5-12/h2-3,6-8,10,12,22H,4-5,9H2,1H3,(H,26,27)(H3,21,23,24,25). The lowest BCUT2D eigenvalue weighted by atomic mass is 10.1. The summed E-state index contributed by atoms with van der Waals surface area (Å²) >= 11 is 0. The van der Waals surface area contributed by atoms with Gasteiger partial charge in [-0.3, -0.25) is 5.10 Å². The van der Waals surface area contributed by atoms with Crippen LogP contribution in [0.2, 0.25) is 0 Å². The van der Waals surface area contributed by atoms with Gasteiger partial charge in [0.25, 0.3) is 0 Å². The summed E-state index contributed by atoms with van der Waals surface area (Å²) in [5.41, 5.74) is 12.5. The molecule has 5 N–H and O–H groups in total. The lowest BCUT2D eigenvalue weighted by molar-refractivity contribution is 0.966. The van der Waals surface area contributed by atoms with Crippen LogP contribution in [-0.4, -0.2) is 25.1 Å². The minimum atomic E-state index is 0.428. The van der Waals surface area contributed by atoms with Crippen LogP contribution in [0.25, 0.3) is 22.2 Å². The van der Waals surface area contributed by atoms with Crippen molar-refractivity contribution in [3.63, 3.8) is 0 Å². The number of hydrogen-bond donors (Lipinski definition) is 4. The molecule has 3 aromatic heterocycles. The van der Waals surface area contributed by atoms with Gasteiger partial charge in [-0.05, 0) is 43.0 Å². The monoisotopic (exact) mass is 359 g/mol. The van der Waals surface area contributed by atoms with Gasteiger partial charge in [0.1, 0.15) is 5.82 Å². The Morgan fingerprint density at radius 1 is 1.26 bits per heavy atom. The van der Waals surface area contributed by atoms with Crippen LogP contribution in [0, 0.1) is 6.92 Å². The average Bonchev–Trinajstić information content (AvgIpc) is 3.18. The van der Waals surface area contributed by atoms with Gasteiger partial charge < -0.3 is 16.0 Å². The number of hydrogen-bond acceptors (Lipinski definition) is 5. The molecule has 4 aromatic rings. The number of aryl methyl sites for hydroxylation is 1. The minimum Gasteiger partial charge on any atom is -0.383 e. The molecule has 3 heterocycles. The molecule has 1 aliphatic rings. The highest BCUT2D eigenvalue weighted by molar-refractivity contribution is 5.86. The summed E-state index contributed by atoms with van der Waals surface area (Å²) in [6.07, 6.45) is 6.15. The number of nitrogens with zero attached hydrogens (tertiary/aromatic N) is 3. The van der Waals surface area contributed by atoms with E-state index in [-0.39, 0.29) is 0 Å². The number of benzene rings is 1. The van der Waals surface area contributed by atoms with Crippen LogP contribution in [0.5, 0.6) is 0 Å². The molecule has 136 valence electrons. The van der Waals surface area contributed by atoms with E-state index in [1.807, 2.05) is 6.20 Å². The molecule has 1 fully saturated rings. The second-order valence-electron chi connectivity index (χ2n) is 7.14. The van der Waals surface area contributed by atoms with Crippen LogP contribution < -0.4 is 11.1 Å². The Hall–Kier alpha value is -3.35. The predicted octanol–water partition coefficient (Wildman–Crippen LogP) is 3.73. The first-order valence-electron chi connectivity index (χ1n) is 9.16. The van der Waals surface area contributed by atoms with Gasteiger partial charge in [-0.15, -0.1) is 0 Å². The minimum absolute atomic E-state index is 0.428. The lowest BCUT2D eigenvalue weighted by Gasteiger charge is -2.09. The molecule has 7 nitrogen and oxygen atoms in total. The zero-order valence-electron chi connectivity index (χ0n) is 15.1. The quantitative estimate of drug-likeness (QED) is 0.434. The van der Waals surface area contributed by atoms with Gasteiger partial charge in [-0.25, -0.2) is 4.98 Å². The Morgan fingerprint density at radius 2 is 2.15 bits per heavy atom. The van der Waals surface area contributed by atoms with Gasteiger partial charge in [-0.1, -0.05) is 12.1 Å². The Bertz CT molecular complexity index is 1120. The number of nitrogen functional groups attached to an aromatic ring is 1. The predicted molar refractivity (Wildman–Crippen MR) is 106 cm³/mol. The molecule has 5 rings (SSSR count). The van der Waals surface area contributed by atoms with Crippen molar-refractivity contribution in [2.75, 3.05) is 11.1 Å². The van der Waals surface area contributed by atoms with Crippen molar-refractivity contribution >= 4 is 22.7 Å². The van der Waals surface area contributed by atoms with E-state index in [2.05, 4.69) is 61.7 Å². The number of nitrogens with one attached hydrogen (secondary N) is 3. The molecule has 0 spiro atoms. The highest BCUT2D eigenvalue weighted by atomic mass is 15.1. The summed E-state index contributed by atoms with van der Waals surface area (Å²) in [6, 6.07) is 8.38. The normalized spacial score (nSPS) is 14.0. The zero-order valence-corrected chi connectivity index (χ0v) is 15.1. The maximum Gasteiger partial charge on any atom is 0.224 e. The molecule has 0 radical (unpaired) electrons. The molecule has 1 aromatic carbocycles. The van der Waals surface area contributed by atoms with Crippen molar-refractivity contribution in [2.24, 2.45) is 0 Å². The molecular formula is C20H21N7. The Kier molecular flexibility index (Phi) is 3.60. The molecule has 0 atom stereocenters. The van der Waals surface area contributed by atoms with Crippen molar-refractivity contribution in [2.45, 2.75) is 32.2 Å². The van der Waals surface area contributed by atoms with Crippen molar-refractivity contribution in [1.29, 1.82) is 0 Å². The Balaban J connectivity index is 1.35. The van der Waals surface area contributed by atoms with E-state index in [1.54, 1.807) is 6.20 Å². The highest BCUT2D eigenvalue weighted by Crippen LogP contribution is 2.40. The first-order valence-corrected chi connectivity index (χ1v) is 9.16. The zero-order chi connectivity index (χ0) is 18.4. The Morgan fingerprint density at radius 3 is 2.96 bits per heavy atom. The molecular weight excluding hydrogens is 338 g/mol. The highest BCUT2D eigenvalue weighted by Gasteiger charge is 2.26. The number of aromatic amines is 2. The van der Waals surface area contributed by atoms with E-state index < -0.39 is 0 Å². The van der Waals surface area contributed by atoms with E-state index in [0.29, 0.717) is 24.2 Å². The third kappa shape index (κ3) is 2.91. The number of aromatic nitrogens is 5. The average molecular weight is 359 g/mol. The van der Waals surface area contributed by atoms with Crippen LogP contribution in [0.15, 0.2) is 36.7 Å². The summed E-state index contributed by atoms with van der Waals surface area (Å²) in [6.45, 7) is 2.73. The van der Waals surface area contributed by atoms with E-state index >= 15 is 0 Å². The Labute approximate surface area is 156 Å². The van der Waals surface area contributed by atoms with Gasteiger partial charge in [0.15, 0.2) is 0 Å². The van der Waals surface area contributed by atoms with Gasteiger partial charge in [0, 0.05) is 41.5 Å². The second-order valence-corrected chi connectivity index (χ2v) is 7.14. The second kappa shape index (κ2) is 6.12. The smallest absolute Gasteiger partial charge is 0.224 e. The van der Waals surface area contributed by atoms with E-state index in [4.69, 9.17) is 5.73 Å². The molecule has 0 aliphatic heterocycles. The van der Waals surface area contributed by atoms with E-state index in [1.165, 1.54) is 35.0 Å². The largest absolute Gasteiger partial charge is 0.383 e. The fourth-order valence-electron chi connectivity index (χ4n) is 3.45. The van der Waals surface area contributed by atoms with Gasteiger partial charge in [-0.2, -0.15) is 10.1 Å². The molecule has 1 saturated carbocycles. The number of anilines is 2. The number of rotatable bonds is 5. The van der Waals surface area contributed by atoms with Crippen molar-refractivity contribution < 1.29 is 0 Å². The van der Waals surface area contributed by atoms with Crippen LogP contribution in [0.1, 0.15) is 35.6 Å². The molecule has 0 unspecified atom stereocenters. The van der Waals surface area contributed by atoms with Crippen LogP contribution in [-0.2, 0) is 6.54 Å².